The zero-order chi connectivity index (χ0) is 18.5. The van der Waals surface area contributed by atoms with Crippen LogP contribution in [0.1, 0.15) is 35.4 Å². The van der Waals surface area contributed by atoms with Crippen LogP contribution in [0, 0.1) is 0 Å². The van der Waals surface area contributed by atoms with Crippen molar-refractivity contribution in [3.8, 4) is 5.75 Å². The molecule has 1 aliphatic rings. The van der Waals surface area contributed by atoms with E-state index in [0.29, 0.717) is 13.0 Å². The fourth-order valence-electron chi connectivity index (χ4n) is 3.40. The highest BCUT2D eigenvalue weighted by atomic mass is 16.5. The standard InChI is InChI=1S/C21H23NO4/c1-26-17-11-9-15(10-12-17)5-4-8-20(23)22-13-16-6-2-3-7-18(16)19(14-22)21(24)25/h2-3,6-7,9-12,19H,4-5,8,13-14H2,1H3,(H,24,25). The minimum absolute atomic E-state index is 0.0132. The summed E-state index contributed by atoms with van der Waals surface area (Å²) in [6.07, 6.45) is 1.96. The van der Waals surface area contributed by atoms with Crippen molar-refractivity contribution in [1.82, 2.24) is 4.90 Å². The summed E-state index contributed by atoms with van der Waals surface area (Å²) in [4.78, 5) is 25.8. The largest absolute Gasteiger partial charge is 0.497 e. The Balaban J connectivity index is 1.58. The van der Waals surface area contributed by atoms with E-state index in [2.05, 4.69) is 0 Å². The quantitative estimate of drug-likeness (QED) is 0.866. The van der Waals surface area contributed by atoms with Gasteiger partial charge in [-0.2, -0.15) is 0 Å². The summed E-state index contributed by atoms with van der Waals surface area (Å²) in [5, 5.41) is 9.50. The number of aliphatic carboxylic acids is 1. The molecule has 5 heteroatoms. The zero-order valence-corrected chi connectivity index (χ0v) is 14.9. The van der Waals surface area contributed by atoms with Crippen LogP contribution in [0.15, 0.2) is 48.5 Å². The number of hydrogen-bond donors (Lipinski definition) is 1. The monoisotopic (exact) mass is 353 g/mol. The van der Waals surface area contributed by atoms with Crippen molar-refractivity contribution in [2.24, 2.45) is 0 Å². The van der Waals surface area contributed by atoms with Crippen molar-refractivity contribution < 1.29 is 19.4 Å². The summed E-state index contributed by atoms with van der Waals surface area (Å²) in [7, 11) is 1.63. The topological polar surface area (TPSA) is 66.8 Å². The molecule has 0 bridgehead atoms. The van der Waals surface area contributed by atoms with E-state index in [4.69, 9.17) is 4.74 Å². The van der Waals surface area contributed by atoms with Crippen LogP contribution in [-0.4, -0.2) is 35.5 Å². The van der Waals surface area contributed by atoms with Gasteiger partial charge in [0.25, 0.3) is 0 Å². The number of amides is 1. The molecule has 1 atom stereocenters. The maximum atomic E-state index is 12.6. The van der Waals surface area contributed by atoms with Gasteiger partial charge in [-0.25, -0.2) is 0 Å². The van der Waals surface area contributed by atoms with Gasteiger partial charge in [-0.3, -0.25) is 9.59 Å². The first kappa shape index (κ1) is 18.0. The highest BCUT2D eigenvalue weighted by molar-refractivity contribution is 5.81. The van der Waals surface area contributed by atoms with Gasteiger partial charge in [0.2, 0.25) is 5.91 Å². The molecule has 1 amide bonds. The first-order valence-corrected chi connectivity index (χ1v) is 8.80. The van der Waals surface area contributed by atoms with E-state index in [1.54, 1.807) is 12.0 Å². The van der Waals surface area contributed by atoms with E-state index < -0.39 is 11.9 Å². The van der Waals surface area contributed by atoms with E-state index in [0.717, 1.165) is 35.3 Å². The number of methoxy groups -OCH3 is 1. The van der Waals surface area contributed by atoms with Crippen LogP contribution in [0.5, 0.6) is 5.75 Å². The Hall–Kier alpha value is -2.82. The Bertz CT molecular complexity index is 785. The predicted octanol–water partition coefficient (Wildman–Crippen LogP) is 3.23. The second-order valence-corrected chi connectivity index (χ2v) is 6.57. The van der Waals surface area contributed by atoms with Crippen LogP contribution < -0.4 is 4.74 Å². The van der Waals surface area contributed by atoms with E-state index in [-0.39, 0.29) is 12.5 Å². The SMILES string of the molecule is COc1ccc(CCCC(=O)N2Cc3ccccc3C(C(=O)O)C2)cc1. The Morgan fingerprint density at radius 1 is 1.15 bits per heavy atom. The molecule has 5 nitrogen and oxygen atoms in total. The number of carbonyl (C=O) groups is 2. The molecular formula is C21H23NO4. The molecule has 0 aliphatic carbocycles. The molecule has 1 unspecified atom stereocenters. The van der Waals surface area contributed by atoms with Crippen molar-refractivity contribution in [3.05, 3.63) is 65.2 Å². The minimum atomic E-state index is -0.881. The van der Waals surface area contributed by atoms with Crippen molar-refractivity contribution >= 4 is 11.9 Å². The van der Waals surface area contributed by atoms with Gasteiger partial charge in [0.15, 0.2) is 0 Å². The Morgan fingerprint density at radius 2 is 1.88 bits per heavy atom. The summed E-state index contributed by atoms with van der Waals surface area (Å²) >= 11 is 0. The first-order chi connectivity index (χ1) is 12.6. The lowest BCUT2D eigenvalue weighted by atomic mass is 9.89. The van der Waals surface area contributed by atoms with Crippen molar-refractivity contribution in [2.45, 2.75) is 31.7 Å². The number of carbonyl (C=O) groups excluding carboxylic acids is 1. The van der Waals surface area contributed by atoms with Gasteiger partial charge in [-0.05, 0) is 41.7 Å². The molecule has 1 N–H and O–H groups in total. The van der Waals surface area contributed by atoms with Gasteiger partial charge in [-0.1, -0.05) is 36.4 Å². The molecule has 2 aromatic carbocycles. The third kappa shape index (κ3) is 4.04. The van der Waals surface area contributed by atoms with Crippen LogP contribution in [0.25, 0.3) is 0 Å². The Kier molecular flexibility index (Phi) is 5.56. The molecule has 1 aliphatic heterocycles. The first-order valence-electron chi connectivity index (χ1n) is 8.80. The van der Waals surface area contributed by atoms with Gasteiger partial charge in [0, 0.05) is 19.5 Å². The third-order valence-corrected chi connectivity index (χ3v) is 4.86. The smallest absolute Gasteiger partial charge is 0.312 e. The van der Waals surface area contributed by atoms with Gasteiger partial charge in [-0.15, -0.1) is 0 Å². The van der Waals surface area contributed by atoms with Crippen molar-refractivity contribution in [2.75, 3.05) is 13.7 Å². The summed E-state index contributed by atoms with van der Waals surface area (Å²) in [6, 6.07) is 15.3. The average Bonchev–Trinajstić information content (AvgIpc) is 2.67. The number of benzene rings is 2. The molecule has 0 fully saturated rings. The molecule has 0 saturated heterocycles. The lowest BCUT2D eigenvalue weighted by Gasteiger charge is -2.33. The second-order valence-electron chi connectivity index (χ2n) is 6.57. The van der Waals surface area contributed by atoms with Crippen LogP contribution in [0.3, 0.4) is 0 Å². The molecule has 3 rings (SSSR count). The summed E-state index contributed by atoms with van der Waals surface area (Å²) in [6.45, 7) is 0.731. The molecule has 0 spiro atoms. The number of rotatable bonds is 6. The lowest BCUT2D eigenvalue weighted by Crippen LogP contribution is -2.40. The summed E-state index contributed by atoms with van der Waals surface area (Å²) in [5.74, 6) is -0.700. The van der Waals surface area contributed by atoms with Crippen LogP contribution in [-0.2, 0) is 22.6 Å². The van der Waals surface area contributed by atoms with Gasteiger partial charge < -0.3 is 14.7 Å². The van der Waals surface area contributed by atoms with E-state index in [1.165, 1.54) is 0 Å². The number of fused-ring (bicyclic) bond motifs is 1. The fraction of sp³-hybridized carbons (Fsp3) is 0.333. The van der Waals surface area contributed by atoms with E-state index in [9.17, 15) is 14.7 Å². The zero-order valence-electron chi connectivity index (χ0n) is 14.9. The highest BCUT2D eigenvalue weighted by Gasteiger charge is 2.31. The van der Waals surface area contributed by atoms with Crippen molar-refractivity contribution in [3.63, 3.8) is 0 Å². The molecule has 0 aromatic heterocycles. The molecule has 0 radical (unpaired) electrons. The molecular weight excluding hydrogens is 330 g/mol. The van der Waals surface area contributed by atoms with Crippen LogP contribution in [0.4, 0.5) is 0 Å². The van der Waals surface area contributed by atoms with E-state index >= 15 is 0 Å². The lowest BCUT2D eigenvalue weighted by molar-refractivity contribution is -0.141. The van der Waals surface area contributed by atoms with Crippen LogP contribution in [0.2, 0.25) is 0 Å². The molecule has 1 heterocycles. The number of nitrogens with zero attached hydrogens (tertiary/aromatic N) is 1. The molecule has 26 heavy (non-hydrogen) atoms. The number of ether oxygens (including phenoxy) is 1. The fourth-order valence-corrected chi connectivity index (χ4v) is 3.40. The average molecular weight is 353 g/mol. The number of carboxylic acid groups (broad SMARTS) is 1. The number of carboxylic acids is 1. The Morgan fingerprint density at radius 3 is 2.58 bits per heavy atom. The molecule has 2 aromatic rings. The van der Waals surface area contributed by atoms with Crippen molar-refractivity contribution in [1.29, 1.82) is 0 Å². The minimum Gasteiger partial charge on any atom is -0.497 e. The summed E-state index contributed by atoms with van der Waals surface area (Å²) < 4.78 is 5.14. The maximum Gasteiger partial charge on any atom is 0.312 e. The van der Waals surface area contributed by atoms with Gasteiger partial charge in [0.1, 0.15) is 5.75 Å². The normalized spacial score (nSPS) is 16.0. The molecule has 0 saturated carbocycles. The predicted molar refractivity (Wildman–Crippen MR) is 98.2 cm³/mol. The maximum absolute atomic E-state index is 12.6. The molecule has 136 valence electrons. The highest BCUT2D eigenvalue weighted by Crippen LogP contribution is 2.29. The summed E-state index contributed by atoms with van der Waals surface area (Å²) in [5.41, 5.74) is 2.91. The van der Waals surface area contributed by atoms with Gasteiger partial charge >= 0.3 is 5.97 Å². The number of hydrogen-bond acceptors (Lipinski definition) is 3. The van der Waals surface area contributed by atoms with E-state index in [1.807, 2.05) is 48.5 Å². The van der Waals surface area contributed by atoms with Gasteiger partial charge in [0.05, 0.1) is 13.0 Å². The second kappa shape index (κ2) is 8.04. The number of aryl methyl sites for hydroxylation is 1. The van der Waals surface area contributed by atoms with Crippen LogP contribution >= 0.6 is 0 Å². The Labute approximate surface area is 153 Å². The third-order valence-electron chi connectivity index (χ3n) is 4.86.